The fourth-order valence-electron chi connectivity index (χ4n) is 8.04. The molecule has 0 atom stereocenters. The zero-order valence-electron chi connectivity index (χ0n) is 30.8. The van der Waals surface area contributed by atoms with Crippen LogP contribution in [0.3, 0.4) is 0 Å². The first-order valence-electron chi connectivity index (χ1n) is 19.2. The third kappa shape index (κ3) is 5.92. The number of rotatable bonds is 6. The van der Waals surface area contributed by atoms with Crippen molar-refractivity contribution in [2.45, 2.75) is 0 Å². The maximum atomic E-state index is 6.39. The van der Waals surface area contributed by atoms with Crippen LogP contribution in [0.15, 0.2) is 205 Å². The third-order valence-corrected chi connectivity index (χ3v) is 10.9. The van der Waals surface area contributed by atoms with Gasteiger partial charge in [-0.05, 0) is 79.2 Å². The van der Waals surface area contributed by atoms with E-state index < -0.39 is 0 Å². The third-order valence-electron chi connectivity index (χ3n) is 10.9. The van der Waals surface area contributed by atoms with Crippen LogP contribution in [0, 0.1) is 0 Å². The number of benzene rings is 9. The number of fused-ring (bicyclic) bond motifs is 5. The predicted molar refractivity (Wildman–Crippen MR) is 235 cm³/mol. The second-order valence-electron chi connectivity index (χ2n) is 14.4. The SMILES string of the molecule is c1ccc(-c2ccc(-c3ccccc3-c3nc(-c4ccc(-c5cccc6oc7cc8ccccc8cc7c56)cc4)nc(-c4ccc5ccccc5c4)n3)cc2)cc1. The van der Waals surface area contributed by atoms with Crippen molar-refractivity contribution in [3.63, 3.8) is 0 Å². The van der Waals surface area contributed by atoms with Crippen LogP contribution in [-0.2, 0) is 0 Å². The molecular formula is C53H33N3O. The second kappa shape index (κ2) is 13.6. The highest BCUT2D eigenvalue weighted by Gasteiger charge is 2.18. The monoisotopic (exact) mass is 727 g/mol. The van der Waals surface area contributed by atoms with Gasteiger partial charge in [-0.3, -0.25) is 0 Å². The summed E-state index contributed by atoms with van der Waals surface area (Å²) in [5, 5.41) is 6.88. The highest BCUT2D eigenvalue weighted by Crippen LogP contribution is 2.39. The van der Waals surface area contributed by atoms with Gasteiger partial charge in [0.15, 0.2) is 17.5 Å². The molecule has 0 amide bonds. The van der Waals surface area contributed by atoms with E-state index in [2.05, 4.69) is 182 Å². The van der Waals surface area contributed by atoms with E-state index in [9.17, 15) is 0 Å². The smallest absolute Gasteiger partial charge is 0.164 e. The van der Waals surface area contributed by atoms with E-state index in [1.54, 1.807) is 0 Å². The number of hydrogen-bond acceptors (Lipinski definition) is 4. The molecule has 11 rings (SSSR count). The molecule has 4 nitrogen and oxygen atoms in total. The fraction of sp³-hybridized carbons (Fsp3) is 0. The quantitative estimate of drug-likeness (QED) is 0.171. The average Bonchev–Trinajstić information content (AvgIpc) is 3.66. The molecule has 0 fully saturated rings. The van der Waals surface area contributed by atoms with Crippen molar-refractivity contribution in [1.82, 2.24) is 15.0 Å². The minimum absolute atomic E-state index is 0.613. The first kappa shape index (κ1) is 32.7. The van der Waals surface area contributed by atoms with E-state index in [1.807, 2.05) is 18.2 Å². The lowest BCUT2D eigenvalue weighted by atomic mass is 9.96. The summed E-state index contributed by atoms with van der Waals surface area (Å²) in [6, 6.07) is 69.9. The van der Waals surface area contributed by atoms with Gasteiger partial charge in [0.1, 0.15) is 11.2 Å². The van der Waals surface area contributed by atoms with E-state index in [4.69, 9.17) is 19.4 Å². The van der Waals surface area contributed by atoms with E-state index >= 15 is 0 Å². The van der Waals surface area contributed by atoms with Crippen molar-refractivity contribution >= 4 is 43.5 Å². The largest absolute Gasteiger partial charge is 0.456 e. The van der Waals surface area contributed by atoms with Gasteiger partial charge >= 0.3 is 0 Å². The van der Waals surface area contributed by atoms with E-state index in [-0.39, 0.29) is 0 Å². The first-order valence-corrected chi connectivity index (χ1v) is 19.2. The molecule has 0 N–H and O–H groups in total. The summed E-state index contributed by atoms with van der Waals surface area (Å²) in [4.78, 5) is 15.5. The molecule has 0 spiro atoms. The van der Waals surface area contributed by atoms with E-state index in [0.29, 0.717) is 17.5 Å². The molecule has 0 bridgehead atoms. The van der Waals surface area contributed by atoms with Crippen LogP contribution in [0.25, 0.3) is 111 Å². The number of hydrogen-bond donors (Lipinski definition) is 0. The Kier molecular flexibility index (Phi) is 7.78. The highest BCUT2D eigenvalue weighted by molar-refractivity contribution is 6.15. The topological polar surface area (TPSA) is 51.8 Å². The summed E-state index contributed by atoms with van der Waals surface area (Å²) in [7, 11) is 0. The van der Waals surface area contributed by atoms with Crippen LogP contribution in [-0.4, -0.2) is 15.0 Å². The molecule has 0 saturated carbocycles. The molecular weight excluding hydrogens is 695 g/mol. The molecule has 0 aliphatic rings. The summed E-state index contributed by atoms with van der Waals surface area (Å²) in [5.74, 6) is 1.86. The van der Waals surface area contributed by atoms with E-state index in [0.717, 1.165) is 66.3 Å². The first-order chi connectivity index (χ1) is 28.2. The van der Waals surface area contributed by atoms with Gasteiger partial charge in [0.05, 0.1) is 0 Å². The second-order valence-corrected chi connectivity index (χ2v) is 14.4. The van der Waals surface area contributed by atoms with Crippen molar-refractivity contribution in [2.75, 3.05) is 0 Å². The Morgan fingerprint density at radius 3 is 1.54 bits per heavy atom. The number of furan rings is 1. The zero-order chi connectivity index (χ0) is 37.7. The Hall–Kier alpha value is -7.69. The molecule has 57 heavy (non-hydrogen) atoms. The van der Waals surface area contributed by atoms with Crippen LogP contribution in [0.1, 0.15) is 0 Å². The Bertz CT molecular complexity index is 3280. The molecule has 2 heterocycles. The van der Waals surface area contributed by atoms with Gasteiger partial charge in [-0.2, -0.15) is 0 Å². The molecule has 9 aromatic carbocycles. The summed E-state index contributed by atoms with van der Waals surface area (Å²) >= 11 is 0. The molecule has 0 unspecified atom stereocenters. The average molecular weight is 728 g/mol. The van der Waals surface area contributed by atoms with Crippen molar-refractivity contribution in [1.29, 1.82) is 0 Å². The van der Waals surface area contributed by atoms with Crippen LogP contribution < -0.4 is 0 Å². The Labute approximate surface area is 329 Å². The summed E-state index contributed by atoms with van der Waals surface area (Å²) in [5.41, 5.74) is 11.3. The van der Waals surface area contributed by atoms with Crippen LogP contribution in [0.4, 0.5) is 0 Å². The van der Waals surface area contributed by atoms with Crippen molar-refractivity contribution < 1.29 is 4.42 Å². The van der Waals surface area contributed by atoms with Gasteiger partial charge in [-0.15, -0.1) is 0 Å². The molecule has 2 aromatic heterocycles. The normalized spacial score (nSPS) is 11.5. The van der Waals surface area contributed by atoms with Crippen molar-refractivity contribution in [3.8, 4) is 67.5 Å². The highest BCUT2D eigenvalue weighted by atomic mass is 16.3. The predicted octanol–water partition coefficient (Wildman–Crippen LogP) is 14.1. The maximum Gasteiger partial charge on any atom is 0.164 e. The summed E-state index contributed by atoms with van der Waals surface area (Å²) in [6.45, 7) is 0. The zero-order valence-corrected chi connectivity index (χ0v) is 30.8. The number of nitrogens with zero attached hydrogens (tertiary/aromatic N) is 3. The lowest BCUT2D eigenvalue weighted by molar-refractivity contribution is 0.669. The summed E-state index contributed by atoms with van der Waals surface area (Å²) < 4.78 is 6.39. The van der Waals surface area contributed by atoms with Crippen LogP contribution >= 0.6 is 0 Å². The van der Waals surface area contributed by atoms with Gasteiger partial charge in [-0.25, -0.2) is 15.0 Å². The maximum absolute atomic E-state index is 6.39. The molecule has 0 radical (unpaired) electrons. The lowest BCUT2D eigenvalue weighted by Gasteiger charge is -2.13. The van der Waals surface area contributed by atoms with Gasteiger partial charge in [-0.1, -0.05) is 176 Å². The molecule has 0 aliphatic heterocycles. The molecule has 0 saturated heterocycles. The lowest BCUT2D eigenvalue weighted by Crippen LogP contribution is -2.01. The molecule has 0 aliphatic carbocycles. The molecule has 4 heteroatoms. The fourth-order valence-corrected chi connectivity index (χ4v) is 8.04. The molecule has 11 aromatic rings. The molecule has 266 valence electrons. The summed E-state index contributed by atoms with van der Waals surface area (Å²) in [6.07, 6.45) is 0. The number of aromatic nitrogens is 3. The minimum Gasteiger partial charge on any atom is -0.456 e. The van der Waals surface area contributed by atoms with Crippen LogP contribution in [0.5, 0.6) is 0 Å². The van der Waals surface area contributed by atoms with Gasteiger partial charge in [0.2, 0.25) is 0 Å². The van der Waals surface area contributed by atoms with Crippen LogP contribution in [0.2, 0.25) is 0 Å². The Morgan fingerprint density at radius 1 is 0.281 bits per heavy atom. The van der Waals surface area contributed by atoms with E-state index in [1.165, 1.54) is 27.3 Å². The minimum atomic E-state index is 0.613. The van der Waals surface area contributed by atoms with Gasteiger partial charge < -0.3 is 4.42 Å². The standard InChI is InChI=1S/C53H33N3O/c1-2-11-34(12-3-1)36-21-24-37(25-22-36)44-17-8-9-18-46(44)53-55-51(54-52(56-53)43-30-23-35-13-4-5-14-40(35)31-43)39-28-26-38(27-29-39)45-19-10-20-48-50(45)47-32-41-15-6-7-16-42(41)33-49(47)57-48/h1-33H. The van der Waals surface area contributed by atoms with Gasteiger partial charge in [0, 0.05) is 27.5 Å². The Morgan fingerprint density at radius 2 is 0.789 bits per heavy atom. The van der Waals surface area contributed by atoms with Gasteiger partial charge in [0.25, 0.3) is 0 Å². The van der Waals surface area contributed by atoms with Crippen molar-refractivity contribution in [2.24, 2.45) is 0 Å². The Balaban J connectivity index is 1.03. The van der Waals surface area contributed by atoms with Crippen molar-refractivity contribution in [3.05, 3.63) is 200 Å².